The number of halogens is 3. The van der Waals surface area contributed by atoms with Crippen LogP contribution in [0.25, 0.3) is 23.1 Å². The van der Waals surface area contributed by atoms with Crippen molar-refractivity contribution >= 4 is 69.8 Å². The summed E-state index contributed by atoms with van der Waals surface area (Å²) < 4.78 is 10.5. The molecule has 0 bridgehead atoms. The molecule has 29 heavy (non-hydrogen) atoms. The fourth-order valence-corrected chi connectivity index (χ4v) is 3.22. The second-order valence-corrected chi connectivity index (χ2v) is 7.23. The highest BCUT2D eigenvalue weighted by Crippen LogP contribution is 2.27. The molecular formula is C21H10Cl3NO4. The molecule has 0 unspecified atom stereocenters. The summed E-state index contributed by atoms with van der Waals surface area (Å²) in [5.41, 5.74) is 0.816. The van der Waals surface area contributed by atoms with Crippen LogP contribution in [0.2, 0.25) is 15.1 Å². The zero-order valence-electron chi connectivity index (χ0n) is 14.5. The van der Waals surface area contributed by atoms with Gasteiger partial charge in [0.15, 0.2) is 11.1 Å². The Morgan fingerprint density at radius 2 is 1.79 bits per heavy atom. The first-order valence-electron chi connectivity index (χ1n) is 8.28. The number of ether oxygens (including phenoxy) is 1. The molecule has 4 rings (SSSR count). The lowest BCUT2D eigenvalue weighted by molar-refractivity contribution is -0.129. The van der Waals surface area contributed by atoms with E-state index in [4.69, 9.17) is 44.0 Å². The van der Waals surface area contributed by atoms with E-state index in [1.165, 1.54) is 24.5 Å². The molecule has 2 heterocycles. The maximum Gasteiger partial charge on any atom is 0.363 e. The first kappa shape index (κ1) is 19.5. The normalized spacial score (nSPS) is 15.3. The predicted octanol–water partition coefficient (Wildman–Crippen LogP) is 5.76. The van der Waals surface area contributed by atoms with Crippen molar-refractivity contribution in [2.75, 3.05) is 0 Å². The topological polar surface area (TPSA) is 68.9 Å². The molecule has 0 fully saturated rings. The summed E-state index contributed by atoms with van der Waals surface area (Å²) in [4.78, 5) is 28.8. The van der Waals surface area contributed by atoms with Crippen molar-refractivity contribution in [1.82, 2.24) is 0 Å². The molecule has 0 spiro atoms. The first-order chi connectivity index (χ1) is 13.9. The van der Waals surface area contributed by atoms with Crippen LogP contribution in [0, 0.1) is 0 Å². The molecule has 0 saturated carbocycles. The van der Waals surface area contributed by atoms with Gasteiger partial charge in [-0.05, 0) is 42.0 Å². The minimum absolute atomic E-state index is 0.0319. The molecule has 1 aliphatic heterocycles. The zero-order chi connectivity index (χ0) is 20.5. The average molecular weight is 447 g/mol. The van der Waals surface area contributed by atoms with Crippen molar-refractivity contribution in [1.29, 1.82) is 0 Å². The summed E-state index contributed by atoms with van der Waals surface area (Å²) in [6.45, 7) is 0. The van der Waals surface area contributed by atoms with E-state index in [-0.39, 0.29) is 22.6 Å². The van der Waals surface area contributed by atoms with Gasteiger partial charge in [-0.15, -0.1) is 0 Å². The van der Waals surface area contributed by atoms with Gasteiger partial charge in [-0.1, -0.05) is 46.9 Å². The quantitative estimate of drug-likeness (QED) is 0.379. The van der Waals surface area contributed by atoms with Crippen LogP contribution >= 0.6 is 34.8 Å². The number of rotatable bonds is 3. The Labute approximate surface area is 179 Å². The van der Waals surface area contributed by atoms with Crippen LogP contribution in [0.15, 0.2) is 68.6 Å². The van der Waals surface area contributed by atoms with Crippen molar-refractivity contribution in [2.45, 2.75) is 0 Å². The van der Waals surface area contributed by atoms with Crippen molar-refractivity contribution in [3.63, 3.8) is 0 Å². The minimum atomic E-state index is -0.688. The lowest BCUT2D eigenvalue weighted by Crippen LogP contribution is -2.06. The number of fused-ring (bicyclic) bond motifs is 1. The minimum Gasteiger partial charge on any atom is -0.463 e. The fourth-order valence-electron chi connectivity index (χ4n) is 2.67. The van der Waals surface area contributed by atoms with Crippen LogP contribution in [0.5, 0.6) is 0 Å². The van der Waals surface area contributed by atoms with Crippen molar-refractivity contribution in [3.05, 3.63) is 90.9 Å². The van der Waals surface area contributed by atoms with E-state index in [2.05, 4.69) is 4.99 Å². The maximum atomic E-state index is 12.6. The largest absolute Gasteiger partial charge is 0.463 e. The van der Waals surface area contributed by atoms with Gasteiger partial charge in [0, 0.05) is 11.1 Å². The Morgan fingerprint density at radius 3 is 2.62 bits per heavy atom. The van der Waals surface area contributed by atoms with Crippen molar-refractivity contribution in [2.24, 2.45) is 4.99 Å². The predicted molar refractivity (Wildman–Crippen MR) is 114 cm³/mol. The molecule has 3 aromatic rings. The second-order valence-electron chi connectivity index (χ2n) is 6.01. The third-order valence-electron chi connectivity index (χ3n) is 4.08. The van der Waals surface area contributed by atoms with Crippen molar-refractivity contribution < 1.29 is 13.9 Å². The molecular weight excluding hydrogens is 437 g/mol. The Hall–Kier alpha value is -2.86. The van der Waals surface area contributed by atoms with Gasteiger partial charge in [0.05, 0.1) is 21.0 Å². The smallest absolute Gasteiger partial charge is 0.363 e. The number of cyclic esters (lactones) is 1. The number of esters is 1. The molecule has 1 aromatic heterocycles. The highest BCUT2D eigenvalue weighted by atomic mass is 35.5. The molecule has 2 aromatic carbocycles. The van der Waals surface area contributed by atoms with Crippen LogP contribution in [-0.2, 0) is 9.53 Å². The zero-order valence-corrected chi connectivity index (χ0v) is 16.8. The van der Waals surface area contributed by atoms with E-state index in [0.29, 0.717) is 31.6 Å². The highest BCUT2D eigenvalue weighted by molar-refractivity contribution is 6.43. The van der Waals surface area contributed by atoms with Gasteiger partial charge >= 0.3 is 5.97 Å². The Balaban J connectivity index is 1.67. The van der Waals surface area contributed by atoms with E-state index < -0.39 is 5.97 Å². The summed E-state index contributed by atoms with van der Waals surface area (Å²) >= 11 is 18.0. The first-order valence-corrected chi connectivity index (χ1v) is 9.41. The molecule has 0 amide bonds. The van der Waals surface area contributed by atoms with E-state index >= 15 is 0 Å². The standard InChI is InChI=1S/C21H10Cl3NO4/c22-13-5-6-17-14(9-13)20(26)12(10-28-17)8-16-21(27)29-18(25-16)7-4-11-2-1-3-15(23)19(11)24/h1-10H. The summed E-state index contributed by atoms with van der Waals surface area (Å²) in [5, 5.41) is 1.49. The number of hydrogen-bond acceptors (Lipinski definition) is 5. The Bertz CT molecular complexity index is 1310. The number of hydrogen-bond donors (Lipinski definition) is 0. The van der Waals surface area contributed by atoms with Gasteiger partial charge in [0.25, 0.3) is 0 Å². The van der Waals surface area contributed by atoms with Gasteiger partial charge in [-0.3, -0.25) is 4.79 Å². The monoisotopic (exact) mass is 445 g/mol. The summed E-state index contributed by atoms with van der Waals surface area (Å²) in [5.74, 6) is -0.627. The Morgan fingerprint density at radius 1 is 0.966 bits per heavy atom. The van der Waals surface area contributed by atoms with Gasteiger partial charge < -0.3 is 9.15 Å². The van der Waals surface area contributed by atoms with E-state index in [9.17, 15) is 9.59 Å². The molecule has 0 radical (unpaired) electrons. The highest BCUT2D eigenvalue weighted by Gasteiger charge is 2.22. The van der Waals surface area contributed by atoms with Crippen LogP contribution in [0.4, 0.5) is 0 Å². The van der Waals surface area contributed by atoms with Gasteiger partial charge in [-0.25, -0.2) is 9.79 Å². The summed E-state index contributed by atoms with van der Waals surface area (Å²) in [7, 11) is 0. The second kappa shape index (κ2) is 7.87. The lowest BCUT2D eigenvalue weighted by Gasteiger charge is -1.99. The molecule has 0 aliphatic carbocycles. The van der Waals surface area contributed by atoms with Gasteiger partial charge in [0.1, 0.15) is 11.8 Å². The molecule has 1 aliphatic rings. The molecule has 8 heteroatoms. The summed E-state index contributed by atoms with van der Waals surface area (Å²) in [6.07, 6.45) is 5.67. The number of carbonyl (C=O) groups is 1. The molecule has 0 N–H and O–H groups in total. The van der Waals surface area contributed by atoms with E-state index in [1.807, 2.05) is 0 Å². The van der Waals surface area contributed by atoms with Gasteiger partial charge in [-0.2, -0.15) is 0 Å². The molecule has 0 atom stereocenters. The van der Waals surface area contributed by atoms with Crippen molar-refractivity contribution in [3.8, 4) is 0 Å². The van der Waals surface area contributed by atoms with E-state index in [0.717, 1.165) is 0 Å². The lowest BCUT2D eigenvalue weighted by atomic mass is 10.1. The van der Waals surface area contributed by atoms with Crippen LogP contribution in [-0.4, -0.2) is 11.9 Å². The summed E-state index contributed by atoms with van der Waals surface area (Å²) in [6, 6.07) is 9.88. The third-order valence-corrected chi connectivity index (χ3v) is 5.15. The maximum absolute atomic E-state index is 12.6. The third kappa shape index (κ3) is 3.98. The molecule has 5 nitrogen and oxygen atoms in total. The number of aliphatic imine (C=N–C) groups is 1. The van der Waals surface area contributed by atoms with E-state index in [1.54, 1.807) is 36.4 Å². The fraction of sp³-hybridized carbons (Fsp3) is 0. The number of carbonyl (C=O) groups excluding carboxylic acids is 1. The van der Waals surface area contributed by atoms with Crippen LogP contribution < -0.4 is 5.43 Å². The van der Waals surface area contributed by atoms with Gasteiger partial charge in [0.2, 0.25) is 5.90 Å². The van der Waals surface area contributed by atoms with Crippen LogP contribution in [0.3, 0.4) is 0 Å². The molecule has 144 valence electrons. The Kier molecular flexibility index (Phi) is 5.28. The number of benzene rings is 2. The van der Waals surface area contributed by atoms with Crippen LogP contribution in [0.1, 0.15) is 11.1 Å². The average Bonchev–Trinajstić information content (AvgIpc) is 3.05. The SMILES string of the molecule is O=C1OC(C=Cc2cccc(Cl)c2Cl)=NC1=Cc1coc2ccc(Cl)cc2c1=O. The molecule has 0 saturated heterocycles. The number of nitrogens with zero attached hydrogens (tertiary/aromatic N) is 1.